The highest BCUT2D eigenvalue weighted by atomic mass is 35.5. The fourth-order valence-electron chi connectivity index (χ4n) is 5.55. The number of fused-ring (bicyclic) bond motifs is 1. The molecule has 0 saturated carbocycles. The van der Waals surface area contributed by atoms with Crippen LogP contribution in [0.2, 0.25) is 35.7 Å². The Bertz CT molecular complexity index is 1890. The molecule has 3 heterocycles. The second kappa shape index (κ2) is 15.1. The number of carbonyl (C=O) groups excluding carboxylic acids is 1. The van der Waals surface area contributed by atoms with Gasteiger partial charge in [-0.3, -0.25) is 0 Å². The Hall–Kier alpha value is -3.96. The minimum Gasteiger partial charge on any atom is -0.444 e. The molecule has 50 heavy (non-hydrogen) atoms. The second-order valence-corrected chi connectivity index (χ2v) is 20.8. The number of ether oxygens (including phenoxy) is 2. The molecule has 0 unspecified atom stereocenters. The average molecular weight is 745 g/mol. The van der Waals surface area contributed by atoms with Crippen molar-refractivity contribution in [3.05, 3.63) is 75.2 Å². The summed E-state index contributed by atoms with van der Waals surface area (Å²) in [5.41, 5.74) is 1.32. The third kappa shape index (κ3) is 8.84. The number of anilines is 3. The van der Waals surface area contributed by atoms with Gasteiger partial charge in [-0.25, -0.2) is 23.5 Å². The first kappa shape index (κ1) is 37.3. The molecule has 15 heteroatoms. The number of amides is 1. The highest BCUT2D eigenvalue weighted by Crippen LogP contribution is 2.35. The molecule has 1 amide bonds. The van der Waals surface area contributed by atoms with Gasteiger partial charge in [-0.2, -0.15) is 5.26 Å². The molecule has 0 atom stereocenters. The van der Waals surface area contributed by atoms with Crippen molar-refractivity contribution in [1.29, 1.82) is 5.26 Å². The van der Waals surface area contributed by atoms with Gasteiger partial charge in [0, 0.05) is 63.0 Å². The number of imidazole rings is 1. The molecule has 1 fully saturated rings. The number of piperazine rings is 1. The number of nitrogens with zero attached hydrogens (tertiary/aromatic N) is 6. The summed E-state index contributed by atoms with van der Waals surface area (Å²) < 4.78 is 44.5. The highest BCUT2D eigenvalue weighted by Gasteiger charge is 2.29. The lowest BCUT2D eigenvalue weighted by atomic mass is 10.1. The Morgan fingerprint density at radius 2 is 1.72 bits per heavy atom. The molecule has 1 aliphatic heterocycles. The van der Waals surface area contributed by atoms with Crippen LogP contribution in [0.25, 0.3) is 11.0 Å². The summed E-state index contributed by atoms with van der Waals surface area (Å²) in [6.07, 6.45) is 1.30. The molecule has 2 aromatic carbocycles. The van der Waals surface area contributed by atoms with Gasteiger partial charge in [-0.15, -0.1) is 0 Å². The molecule has 10 nitrogen and oxygen atoms in total. The Kier molecular flexibility index (Phi) is 11.3. The van der Waals surface area contributed by atoms with E-state index in [1.54, 1.807) is 54.8 Å². The quantitative estimate of drug-likeness (QED) is 0.127. The lowest BCUT2D eigenvalue weighted by Crippen LogP contribution is -2.50. The van der Waals surface area contributed by atoms with Crippen LogP contribution >= 0.6 is 23.2 Å². The summed E-state index contributed by atoms with van der Waals surface area (Å²) in [5.74, 6) is -1.53. The molecule has 4 aromatic rings. The SMILES string of the molecule is CC(C)(C)OC(=O)N1CCN(c2c(F)cc(Nc3nc(Cc4c(Cl)cccc4Cl)c4ncn(COCC[Si](C)(C)C)c4c3C#N)cc2F)CC1. The molecule has 0 aliphatic carbocycles. The lowest BCUT2D eigenvalue weighted by molar-refractivity contribution is 0.0240. The van der Waals surface area contributed by atoms with E-state index in [0.717, 1.165) is 18.2 Å². The molecule has 0 radical (unpaired) electrons. The molecule has 5 rings (SSSR count). The average Bonchev–Trinajstić information content (AvgIpc) is 3.44. The van der Waals surface area contributed by atoms with Crippen LogP contribution in [0.5, 0.6) is 0 Å². The second-order valence-electron chi connectivity index (χ2n) is 14.4. The summed E-state index contributed by atoms with van der Waals surface area (Å²) in [4.78, 5) is 24.9. The van der Waals surface area contributed by atoms with E-state index in [4.69, 9.17) is 37.7 Å². The number of pyridine rings is 1. The van der Waals surface area contributed by atoms with Gasteiger partial charge < -0.3 is 29.2 Å². The minimum absolute atomic E-state index is 0.0543. The Morgan fingerprint density at radius 3 is 2.30 bits per heavy atom. The van der Waals surface area contributed by atoms with E-state index in [9.17, 15) is 10.1 Å². The summed E-state index contributed by atoms with van der Waals surface area (Å²) in [7, 11) is -1.34. The van der Waals surface area contributed by atoms with Crippen molar-refractivity contribution < 1.29 is 23.0 Å². The molecule has 1 saturated heterocycles. The van der Waals surface area contributed by atoms with E-state index in [1.165, 1.54) is 4.90 Å². The van der Waals surface area contributed by atoms with Crippen molar-refractivity contribution in [2.24, 2.45) is 0 Å². The summed E-state index contributed by atoms with van der Waals surface area (Å²) in [6.45, 7) is 13.8. The first-order chi connectivity index (χ1) is 23.5. The van der Waals surface area contributed by atoms with Crippen molar-refractivity contribution in [3.8, 4) is 6.07 Å². The van der Waals surface area contributed by atoms with Gasteiger partial charge in [0.2, 0.25) is 0 Å². The van der Waals surface area contributed by atoms with Gasteiger partial charge in [-0.1, -0.05) is 48.9 Å². The summed E-state index contributed by atoms with van der Waals surface area (Å²) in [6, 6.07) is 10.7. The predicted octanol–water partition coefficient (Wildman–Crippen LogP) is 8.59. The van der Waals surface area contributed by atoms with E-state index in [-0.39, 0.29) is 62.1 Å². The monoisotopic (exact) mass is 743 g/mol. The first-order valence-corrected chi connectivity index (χ1v) is 20.8. The maximum Gasteiger partial charge on any atom is 0.410 e. The third-order valence-electron chi connectivity index (χ3n) is 8.10. The molecule has 1 N–H and O–H groups in total. The first-order valence-electron chi connectivity index (χ1n) is 16.3. The van der Waals surface area contributed by atoms with Crippen LogP contribution in [0.1, 0.15) is 37.6 Å². The summed E-state index contributed by atoms with van der Waals surface area (Å²) >= 11 is 13.0. The Morgan fingerprint density at radius 1 is 1.08 bits per heavy atom. The van der Waals surface area contributed by atoms with Gasteiger partial charge in [0.25, 0.3) is 0 Å². The topological polar surface area (TPSA) is 109 Å². The molecule has 1 aliphatic rings. The van der Waals surface area contributed by atoms with Crippen LogP contribution < -0.4 is 10.2 Å². The highest BCUT2D eigenvalue weighted by molar-refractivity contribution is 6.76. The van der Waals surface area contributed by atoms with Crippen molar-refractivity contribution >= 4 is 65.6 Å². The van der Waals surface area contributed by atoms with Crippen molar-refractivity contribution in [2.75, 3.05) is 43.0 Å². The van der Waals surface area contributed by atoms with E-state index >= 15 is 8.78 Å². The third-order valence-corrected chi connectivity index (χ3v) is 10.5. The Labute approximate surface area is 301 Å². The number of hydrogen-bond donors (Lipinski definition) is 1. The van der Waals surface area contributed by atoms with E-state index < -0.39 is 31.4 Å². The number of nitriles is 1. The minimum atomic E-state index is -1.34. The van der Waals surface area contributed by atoms with Gasteiger partial charge in [0.15, 0.2) is 17.5 Å². The van der Waals surface area contributed by atoms with Gasteiger partial charge in [0.1, 0.15) is 35.2 Å². The zero-order chi connectivity index (χ0) is 36.4. The van der Waals surface area contributed by atoms with Crippen LogP contribution in [0.15, 0.2) is 36.7 Å². The van der Waals surface area contributed by atoms with Crippen molar-refractivity contribution in [1.82, 2.24) is 19.4 Å². The van der Waals surface area contributed by atoms with Crippen molar-refractivity contribution in [3.63, 3.8) is 0 Å². The zero-order valence-electron chi connectivity index (χ0n) is 29.0. The smallest absolute Gasteiger partial charge is 0.410 e. The maximum atomic E-state index is 15.7. The van der Waals surface area contributed by atoms with E-state index in [2.05, 4.69) is 36.0 Å². The molecule has 266 valence electrons. The molecular formula is C35H41Cl2F2N7O3Si. The van der Waals surface area contributed by atoms with Crippen LogP contribution in [0.4, 0.5) is 30.8 Å². The number of aromatic nitrogens is 3. The number of nitrogens with one attached hydrogen (secondary N) is 1. The van der Waals surface area contributed by atoms with Crippen LogP contribution in [-0.4, -0.2) is 72.0 Å². The van der Waals surface area contributed by atoms with Gasteiger partial charge in [-0.05, 0) is 56.6 Å². The fourth-order valence-corrected chi connectivity index (χ4v) is 6.84. The number of benzene rings is 2. The van der Waals surface area contributed by atoms with Crippen LogP contribution in [0.3, 0.4) is 0 Å². The van der Waals surface area contributed by atoms with Gasteiger partial charge in [0.05, 0.1) is 17.5 Å². The maximum absolute atomic E-state index is 15.7. The standard InChI is InChI=1S/C35H41Cl2F2N7O3Si/c1-35(2,3)49-34(47)45-12-10-44(11-13-45)32-27(38)16-22(17-28(32)39)42-33-24(19-40)31-30(41-20-46(31)21-48-14-15-50(4,5)6)29(43-33)18-23-25(36)8-7-9-26(23)37/h7-9,16-17,20H,10-15,18,21H2,1-6H3,(H,42,43). The van der Waals surface area contributed by atoms with Gasteiger partial charge >= 0.3 is 6.09 Å². The number of carbonyl (C=O) groups is 1. The number of rotatable bonds is 10. The normalized spacial score (nSPS) is 13.9. The number of hydrogen-bond acceptors (Lipinski definition) is 8. The van der Waals surface area contributed by atoms with Crippen LogP contribution in [0, 0.1) is 23.0 Å². The zero-order valence-corrected chi connectivity index (χ0v) is 31.6. The molecule has 2 aromatic heterocycles. The molecule has 0 bridgehead atoms. The Balaban J connectivity index is 1.46. The largest absolute Gasteiger partial charge is 0.444 e. The number of halogens is 4. The van der Waals surface area contributed by atoms with E-state index in [1.807, 2.05) is 0 Å². The fraction of sp³-hybridized carbons (Fsp3) is 0.429. The van der Waals surface area contributed by atoms with E-state index in [0.29, 0.717) is 38.9 Å². The predicted molar refractivity (Wildman–Crippen MR) is 195 cm³/mol. The lowest BCUT2D eigenvalue weighted by Gasteiger charge is -2.37. The summed E-state index contributed by atoms with van der Waals surface area (Å²) in [5, 5.41) is 14.3. The molecular weight excluding hydrogens is 703 g/mol. The molecule has 0 spiro atoms. The van der Waals surface area contributed by atoms with Crippen molar-refractivity contribution in [2.45, 2.75) is 65.2 Å². The van der Waals surface area contributed by atoms with Crippen LogP contribution in [-0.2, 0) is 22.6 Å².